The Kier molecular flexibility index (Phi) is 4.06. The molecule has 2 N–H and O–H groups in total. The molecular weight excluding hydrogens is 284 g/mol. The quantitative estimate of drug-likeness (QED) is 0.889. The second-order valence-corrected chi connectivity index (χ2v) is 5.55. The second kappa shape index (κ2) is 5.46. The molecule has 1 saturated heterocycles. The van der Waals surface area contributed by atoms with Crippen LogP contribution in [0.4, 0.5) is 4.79 Å². The number of methoxy groups -OCH3 is 1. The van der Waals surface area contributed by atoms with Crippen molar-refractivity contribution in [3.05, 3.63) is 22.8 Å². The fraction of sp³-hybridized carbons (Fsp3) is 0.538. The minimum atomic E-state index is -1.16. The molecule has 1 aliphatic heterocycles. The van der Waals surface area contributed by atoms with Crippen LogP contribution >= 0.6 is 11.6 Å². The molecule has 1 aromatic heterocycles. The zero-order valence-corrected chi connectivity index (χ0v) is 12.1. The average Bonchev–Trinajstić information content (AvgIpc) is 2.68. The summed E-state index contributed by atoms with van der Waals surface area (Å²) in [6, 6.07) is 1.38. The molecule has 1 amide bonds. The number of hydrogen-bond donors (Lipinski definition) is 2. The first-order chi connectivity index (χ1) is 9.36. The van der Waals surface area contributed by atoms with E-state index in [9.17, 15) is 9.90 Å². The van der Waals surface area contributed by atoms with Crippen LogP contribution in [0, 0.1) is 0 Å². The van der Waals surface area contributed by atoms with Gasteiger partial charge in [0.15, 0.2) is 0 Å². The summed E-state index contributed by atoms with van der Waals surface area (Å²) in [6.07, 6.45) is 1.05. The minimum absolute atomic E-state index is 0.0534. The Morgan fingerprint density at radius 2 is 2.40 bits per heavy atom. The van der Waals surface area contributed by atoms with E-state index in [0.717, 1.165) is 0 Å². The molecule has 0 spiro atoms. The van der Waals surface area contributed by atoms with E-state index in [4.69, 9.17) is 21.4 Å². The lowest BCUT2D eigenvalue weighted by molar-refractivity contribution is 0.0485. The van der Waals surface area contributed by atoms with Gasteiger partial charge in [-0.1, -0.05) is 11.6 Å². The molecule has 1 aliphatic rings. The first-order valence-electron chi connectivity index (χ1n) is 6.25. The third-order valence-electron chi connectivity index (χ3n) is 3.58. The van der Waals surface area contributed by atoms with Gasteiger partial charge in [0.25, 0.3) is 0 Å². The van der Waals surface area contributed by atoms with Crippen molar-refractivity contribution in [2.75, 3.05) is 13.7 Å². The molecule has 0 radical (unpaired) electrons. The lowest BCUT2D eigenvalue weighted by Crippen LogP contribution is -2.38. The fourth-order valence-electron chi connectivity index (χ4n) is 2.70. The summed E-state index contributed by atoms with van der Waals surface area (Å²) in [6.45, 7) is 1.83. The van der Waals surface area contributed by atoms with E-state index < -0.39 is 11.7 Å². The van der Waals surface area contributed by atoms with E-state index in [1.54, 1.807) is 13.0 Å². The minimum Gasteiger partial charge on any atom is -0.481 e. The Morgan fingerprint density at radius 1 is 1.70 bits per heavy atom. The highest BCUT2D eigenvalue weighted by Gasteiger charge is 2.43. The molecule has 1 fully saturated rings. The van der Waals surface area contributed by atoms with Crippen molar-refractivity contribution in [3.63, 3.8) is 0 Å². The number of aromatic nitrogens is 1. The van der Waals surface area contributed by atoms with Gasteiger partial charge < -0.3 is 19.8 Å². The molecular formula is C13H17ClN2O4. The average molecular weight is 301 g/mol. The van der Waals surface area contributed by atoms with Gasteiger partial charge in [0, 0.05) is 24.2 Å². The van der Waals surface area contributed by atoms with Crippen molar-refractivity contribution in [2.45, 2.75) is 31.4 Å². The molecule has 110 valence electrons. The van der Waals surface area contributed by atoms with Gasteiger partial charge >= 0.3 is 6.09 Å². The number of aliphatic hydroxyl groups is 1. The fourth-order valence-corrected chi connectivity index (χ4v) is 2.90. The van der Waals surface area contributed by atoms with E-state index in [1.165, 1.54) is 18.2 Å². The molecule has 6 nitrogen and oxygen atoms in total. The molecule has 1 unspecified atom stereocenters. The monoisotopic (exact) mass is 300 g/mol. The van der Waals surface area contributed by atoms with Crippen molar-refractivity contribution < 1.29 is 19.7 Å². The summed E-state index contributed by atoms with van der Waals surface area (Å²) in [5, 5.41) is 20.2. The van der Waals surface area contributed by atoms with E-state index in [1.807, 2.05) is 0 Å². The van der Waals surface area contributed by atoms with Gasteiger partial charge in [-0.05, 0) is 19.4 Å². The third kappa shape index (κ3) is 2.81. The number of halogens is 1. The van der Waals surface area contributed by atoms with Crippen LogP contribution < -0.4 is 4.74 Å². The first kappa shape index (κ1) is 14.9. The summed E-state index contributed by atoms with van der Waals surface area (Å²) < 4.78 is 5.15. The third-order valence-corrected chi connectivity index (χ3v) is 3.93. The van der Waals surface area contributed by atoms with Crippen molar-refractivity contribution in [3.8, 4) is 5.88 Å². The van der Waals surface area contributed by atoms with Crippen LogP contribution in [0.5, 0.6) is 5.88 Å². The maximum atomic E-state index is 11.1. The molecule has 20 heavy (non-hydrogen) atoms. The number of likely N-dealkylation sites (tertiary alicyclic amines) is 1. The standard InChI is InChI=1S/C13H17ClN2O4/c1-8-5-13(19,7-16(8)12(17)18)6-9-10(14)3-4-15-11(9)20-2/h3-4,8,19H,5-7H2,1-2H3,(H,17,18)/t8-,13?/m0/s1. The van der Waals surface area contributed by atoms with Gasteiger partial charge in [-0.15, -0.1) is 0 Å². The van der Waals surface area contributed by atoms with Crippen LogP contribution in [0.3, 0.4) is 0 Å². The number of amides is 1. The Bertz CT molecular complexity index is 525. The van der Waals surface area contributed by atoms with Crippen LogP contribution in [0.25, 0.3) is 0 Å². The number of rotatable bonds is 3. The van der Waals surface area contributed by atoms with Crippen LogP contribution in [-0.2, 0) is 6.42 Å². The lowest BCUT2D eigenvalue weighted by atomic mass is 9.92. The van der Waals surface area contributed by atoms with Crippen molar-refractivity contribution in [2.24, 2.45) is 0 Å². The summed E-state index contributed by atoms with van der Waals surface area (Å²) in [4.78, 5) is 16.4. The van der Waals surface area contributed by atoms with E-state index in [0.29, 0.717) is 22.9 Å². The molecule has 2 heterocycles. The normalized spacial score (nSPS) is 25.8. The largest absolute Gasteiger partial charge is 0.481 e. The van der Waals surface area contributed by atoms with Gasteiger partial charge in [-0.25, -0.2) is 9.78 Å². The molecule has 0 aliphatic carbocycles. The molecule has 0 aromatic carbocycles. The van der Waals surface area contributed by atoms with Gasteiger partial charge in [0.2, 0.25) is 5.88 Å². The second-order valence-electron chi connectivity index (χ2n) is 5.15. The molecule has 0 saturated carbocycles. The number of carboxylic acid groups (broad SMARTS) is 1. The first-order valence-corrected chi connectivity index (χ1v) is 6.63. The maximum Gasteiger partial charge on any atom is 0.407 e. The van der Waals surface area contributed by atoms with Gasteiger partial charge in [0.1, 0.15) is 0 Å². The Labute approximate surface area is 121 Å². The van der Waals surface area contributed by atoms with Crippen LogP contribution in [0.1, 0.15) is 18.9 Å². The number of carbonyl (C=O) groups is 1. The summed E-state index contributed by atoms with van der Waals surface area (Å²) >= 11 is 6.12. The van der Waals surface area contributed by atoms with E-state index >= 15 is 0 Å². The van der Waals surface area contributed by atoms with E-state index in [-0.39, 0.29) is 19.0 Å². The summed E-state index contributed by atoms with van der Waals surface area (Å²) in [7, 11) is 1.48. The van der Waals surface area contributed by atoms with E-state index in [2.05, 4.69) is 4.98 Å². The van der Waals surface area contributed by atoms with Crippen molar-refractivity contribution in [1.29, 1.82) is 0 Å². The molecule has 0 bridgehead atoms. The highest BCUT2D eigenvalue weighted by Crippen LogP contribution is 2.34. The number of ether oxygens (including phenoxy) is 1. The summed E-state index contributed by atoms with van der Waals surface area (Å²) in [5.41, 5.74) is -0.559. The number of pyridine rings is 1. The zero-order valence-electron chi connectivity index (χ0n) is 11.3. The van der Waals surface area contributed by atoms with Crippen LogP contribution in [0.15, 0.2) is 12.3 Å². The number of hydrogen-bond acceptors (Lipinski definition) is 4. The number of β-amino-alcohol motifs (C(OH)–C–C–N with tert-alkyl or cyclic N) is 1. The van der Waals surface area contributed by atoms with Crippen LogP contribution in [0.2, 0.25) is 5.02 Å². The Morgan fingerprint density at radius 3 is 2.95 bits per heavy atom. The maximum absolute atomic E-state index is 11.1. The highest BCUT2D eigenvalue weighted by molar-refractivity contribution is 6.31. The Balaban J connectivity index is 2.24. The predicted octanol–water partition coefficient (Wildman–Crippen LogP) is 1.79. The molecule has 1 aromatic rings. The zero-order chi connectivity index (χ0) is 14.9. The van der Waals surface area contributed by atoms with Gasteiger partial charge in [-0.2, -0.15) is 0 Å². The van der Waals surface area contributed by atoms with Crippen molar-refractivity contribution in [1.82, 2.24) is 9.88 Å². The molecule has 2 rings (SSSR count). The number of nitrogens with zero attached hydrogens (tertiary/aromatic N) is 2. The lowest BCUT2D eigenvalue weighted by Gasteiger charge is -2.23. The van der Waals surface area contributed by atoms with Gasteiger partial charge in [-0.3, -0.25) is 0 Å². The SMILES string of the molecule is COc1nccc(Cl)c1CC1(O)C[C@H](C)N(C(=O)O)C1. The Hall–Kier alpha value is -1.53. The topological polar surface area (TPSA) is 82.9 Å². The summed E-state index contributed by atoms with van der Waals surface area (Å²) in [5.74, 6) is 0.354. The van der Waals surface area contributed by atoms with Gasteiger partial charge in [0.05, 0.1) is 24.3 Å². The van der Waals surface area contributed by atoms with Crippen LogP contribution in [-0.4, -0.2) is 51.5 Å². The highest BCUT2D eigenvalue weighted by atomic mass is 35.5. The smallest absolute Gasteiger partial charge is 0.407 e. The molecule has 7 heteroatoms. The van der Waals surface area contributed by atoms with Crippen molar-refractivity contribution >= 4 is 17.7 Å². The molecule has 2 atom stereocenters. The predicted molar refractivity (Wildman–Crippen MR) is 73.3 cm³/mol.